The van der Waals surface area contributed by atoms with Crippen molar-refractivity contribution in [2.45, 2.75) is 20.8 Å². The van der Waals surface area contributed by atoms with Gasteiger partial charge in [0, 0.05) is 11.8 Å². The maximum Gasteiger partial charge on any atom is 0.352 e. The first kappa shape index (κ1) is 11.6. The van der Waals surface area contributed by atoms with Crippen molar-refractivity contribution < 1.29 is 14.6 Å². The summed E-state index contributed by atoms with van der Waals surface area (Å²) in [7, 11) is 1.50. The van der Waals surface area contributed by atoms with Crippen LogP contribution in [0.2, 0.25) is 0 Å². The minimum absolute atomic E-state index is 0.182. The van der Waals surface area contributed by atoms with Gasteiger partial charge in [-0.3, -0.25) is 0 Å². The number of carbonyl (C=O) groups is 1. The van der Waals surface area contributed by atoms with E-state index in [2.05, 4.69) is 4.98 Å². The normalized spacial score (nSPS) is 8.62. The van der Waals surface area contributed by atoms with Crippen molar-refractivity contribution in [2.75, 3.05) is 7.11 Å². The van der Waals surface area contributed by atoms with Crippen LogP contribution in [0.4, 0.5) is 0 Å². The molecule has 2 N–H and O–H groups in total. The maximum atomic E-state index is 10.5. The van der Waals surface area contributed by atoms with E-state index >= 15 is 0 Å². The van der Waals surface area contributed by atoms with Gasteiger partial charge >= 0.3 is 5.97 Å². The molecule has 0 aromatic carbocycles. The van der Waals surface area contributed by atoms with E-state index in [0.29, 0.717) is 11.3 Å². The van der Waals surface area contributed by atoms with Gasteiger partial charge in [0.2, 0.25) is 0 Å². The molecular weight excluding hydrogens is 170 g/mol. The Balaban J connectivity index is 0.000000671. The molecule has 0 spiro atoms. The third kappa shape index (κ3) is 2.50. The molecule has 0 bridgehead atoms. The molecule has 0 atom stereocenters. The summed E-state index contributed by atoms with van der Waals surface area (Å²) in [4.78, 5) is 13.1. The SMILES string of the molecule is CC.COc1c[nH]c(C(=O)O)c1C. The van der Waals surface area contributed by atoms with Crippen LogP contribution in [0.1, 0.15) is 29.9 Å². The molecule has 0 radical (unpaired) electrons. The highest BCUT2D eigenvalue weighted by atomic mass is 16.5. The van der Waals surface area contributed by atoms with E-state index in [1.54, 1.807) is 6.92 Å². The second kappa shape index (κ2) is 5.24. The number of carboxylic acid groups (broad SMARTS) is 1. The molecule has 0 aliphatic rings. The van der Waals surface area contributed by atoms with Crippen molar-refractivity contribution in [2.24, 2.45) is 0 Å². The number of hydrogen-bond acceptors (Lipinski definition) is 2. The van der Waals surface area contributed by atoms with Gasteiger partial charge in [-0.05, 0) is 6.92 Å². The van der Waals surface area contributed by atoms with Crippen LogP contribution in [-0.2, 0) is 0 Å². The summed E-state index contributed by atoms with van der Waals surface area (Å²) in [5.74, 6) is -0.395. The van der Waals surface area contributed by atoms with Crippen LogP contribution in [0.15, 0.2) is 6.20 Å². The second-order valence-corrected chi connectivity index (χ2v) is 2.16. The fourth-order valence-electron chi connectivity index (χ4n) is 0.912. The Kier molecular flexibility index (Phi) is 4.66. The Bertz CT molecular complexity index is 278. The number of aromatic amines is 1. The molecule has 1 aromatic heterocycles. The average Bonchev–Trinajstić information content (AvgIpc) is 2.50. The lowest BCUT2D eigenvalue weighted by Gasteiger charge is -1.95. The number of aromatic carboxylic acids is 1. The molecule has 0 fully saturated rings. The molecule has 0 saturated carbocycles. The Morgan fingerprint density at radius 3 is 2.31 bits per heavy atom. The van der Waals surface area contributed by atoms with Gasteiger partial charge in [0.15, 0.2) is 0 Å². The Morgan fingerprint density at radius 2 is 2.08 bits per heavy atom. The molecule has 0 aliphatic carbocycles. The highest BCUT2D eigenvalue weighted by molar-refractivity contribution is 5.88. The summed E-state index contributed by atoms with van der Waals surface area (Å²) in [6.07, 6.45) is 1.53. The van der Waals surface area contributed by atoms with Crippen LogP contribution in [0.25, 0.3) is 0 Å². The van der Waals surface area contributed by atoms with Gasteiger partial charge < -0.3 is 14.8 Å². The van der Waals surface area contributed by atoms with Crippen LogP contribution >= 0.6 is 0 Å². The highest BCUT2D eigenvalue weighted by Crippen LogP contribution is 2.19. The third-order valence-electron chi connectivity index (χ3n) is 1.53. The molecule has 0 unspecified atom stereocenters. The predicted octanol–water partition coefficient (Wildman–Crippen LogP) is 2.06. The van der Waals surface area contributed by atoms with Crippen LogP contribution < -0.4 is 4.74 Å². The summed E-state index contributed by atoms with van der Waals surface area (Å²) >= 11 is 0. The van der Waals surface area contributed by atoms with Gasteiger partial charge in [-0.1, -0.05) is 13.8 Å². The monoisotopic (exact) mass is 185 g/mol. The second-order valence-electron chi connectivity index (χ2n) is 2.16. The quantitative estimate of drug-likeness (QED) is 0.741. The number of aromatic nitrogens is 1. The molecule has 13 heavy (non-hydrogen) atoms. The smallest absolute Gasteiger partial charge is 0.352 e. The maximum absolute atomic E-state index is 10.5. The van der Waals surface area contributed by atoms with Crippen LogP contribution in [0, 0.1) is 6.92 Å². The van der Waals surface area contributed by atoms with E-state index in [1.165, 1.54) is 13.3 Å². The van der Waals surface area contributed by atoms with E-state index in [1.807, 2.05) is 13.8 Å². The van der Waals surface area contributed by atoms with Gasteiger partial charge in [0.05, 0.1) is 7.11 Å². The number of rotatable bonds is 2. The molecule has 4 heteroatoms. The average molecular weight is 185 g/mol. The zero-order valence-electron chi connectivity index (χ0n) is 8.34. The van der Waals surface area contributed by atoms with Crippen LogP contribution in [-0.4, -0.2) is 23.2 Å². The molecule has 4 nitrogen and oxygen atoms in total. The number of nitrogens with one attached hydrogen (secondary N) is 1. The molecule has 0 amide bonds. The number of ether oxygens (including phenoxy) is 1. The molecule has 0 saturated heterocycles. The van der Waals surface area contributed by atoms with Gasteiger partial charge in [-0.2, -0.15) is 0 Å². The van der Waals surface area contributed by atoms with Crippen molar-refractivity contribution in [3.8, 4) is 5.75 Å². The summed E-state index contributed by atoms with van der Waals surface area (Å²) in [6.45, 7) is 5.69. The first-order valence-corrected chi connectivity index (χ1v) is 4.12. The van der Waals surface area contributed by atoms with E-state index < -0.39 is 5.97 Å². The van der Waals surface area contributed by atoms with Crippen LogP contribution in [0.5, 0.6) is 5.75 Å². The summed E-state index contributed by atoms with van der Waals surface area (Å²) in [6, 6.07) is 0. The lowest BCUT2D eigenvalue weighted by atomic mass is 10.2. The lowest BCUT2D eigenvalue weighted by Crippen LogP contribution is -1.98. The fourth-order valence-corrected chi connectivity index (χ4v) is 0.912. The van der Waals surface area contributed by atoms with Crippen molar-refractivity contribution >= 4 is 5.97 Å². The summed E-state index contributed by atoms with van der Waals surface area (Å²) < 4.78 is 4.88. The fraction of sp³-hybridized carbons (Fsp3) is 0.444. The highest BCUT2D eigenvalue weighted by Gasteiger charge is 2.12. The molecular formula is C9H15NO3. The first-order valence-electron chi connectivity index (χ1n) is 4.12. The minimum Gasteiger partial charge on any atom is -0.495 e. The Hall–Kier alpha value is -1.45. The van der Waals surface area contributed by atoms with E-state index in [4.69, 9.17) is 9.84 Å². The van der Waals surface area contributed by atoms with Crippen molar-refractivity contribution in [3.05, 3.63) is 17.5 Å². The first-order chi connectivity index (χ1) is 6.16. The number of H-pyrrole nitrogens is 1. The predicted molar refractivity (Wildman–Crippen MR) is 50.4 cm³/mol. The topological polar surface area (TPSA) is 62.3 Å². The number of methoxy groups -OCH3 is 1. The number of hydrogen-bond donors (Lipinski definition) is 2. The standard InChI is InChI=1S/C7H9NO3.C2H6/c1-4-5(11-2)3-8-6(4)7(9)10;1-2/h3,8H,1-2H3,(H,9,10);1-2H3. The zero-order chi connectivity index (χ0) is 10.4. The van der Waals surface area contributed by atoms with Gasteiger partial charge in [0.25, 0.3) is 0 Å². The minimum atomic E-state index is -0.967. The van der Waals surface area contributed by atoms with Crippen molar-refractivity contribution in [1.29, 1.82) is 0 Å². The summed E-state index contributed by atoms with van der Waals surface area (Å²) in [5.41, 5.74) is 0.807. The Labute approximate surface area is 77.5 Å². The summed E-state index contributed by atoms with van der Waals surface area (Å²) in [5, 5.41) is 8.59. The number of carboxylic acids is 1. The Morgan fingerprint density at radius 1 is 1.54 bits per heavy atom. The largest absolute Gasteiger partial charge is 0.495 e. The van der Waals surface area contributed by atoms with E-state index in [0.717, 1.165) is 0 Å². The molecule has 1 heterocycles. The molecule has 0 aliphatic heterocycles. The zero-order valence-corrected chi connectivity index (χ0v) is 8.34. The van der Waals surface area contributed by atoms with Crippen molar-refractivity contribution in [3.63, 3.8) is 0 Å². The van der Waals surface area contributed by atoms with Gasteiger partial charge in [0.1, 0.15) is 11.4 Å². The van der Waals surface area contributed by atoms with Crippen molar-refractivity contribution in [1.82, 2.24) is 4.98 Å². The third-order valence-corrected chi connectivity index (χ3v) is 1.53. The molecule has 1 aromatic rings. The van der Waals surface area contributed by atoms with Crippen LogP contribution in [0.3, 0.4) is 0 Å². The molecule has 74 valence electrons. The van der Waals surface area contributed by atoms with E-state index in [-0.39, 0.29) is 5.69 Å². The van der Waals surface area contributed by atoms with E-state index in [9.17, 15) is 4.79 Å². The van der Waals surface area contributed by atoms with Gasteiger partial charge in [-0.15, -0.1) is 0 Å². The van der Waals surface area contributed by atoms with Gasteiger partial charge in [-0.25, -0.2) is 4.79 Å². The lowest BCUT2D eigenvalue weighted by molar-refractivity contribution is 0.0690. The molecule has 1 rings (SSSR count).